The number of anilines is 1. The zero-order valence-electron chi connectivity index (χ0n) is 11.8. The van der Waals surface area contributed by atoms with Crippen molar-refractivity contribution in [2.45, 2.75) is 26.8 Å². The molecule has 106 valence electrons. The van der Waals surface area contributed by atoms with Crippen LogP contribution in [0.2, 0.25) is 0 Å². The van der Waals surface area contributed by atoms with Crippen LogP contribution in [0.4, 0.5) is 5.00 Å². The lowest BCUT2D eigenvalue weighted by molar-refractivity contribution is 0.0527. The molecule has 1 atom stereocenters. The molecule has 0 aliphatic heterocycles. The topological polar surface area (TPSA) is 51.2 Å². The van der Waals surface area contributed by atoms with Crippen LogP contribution in [0.1, 0.15) is 41.5 Å². The van der Waals surface area contributed by atoms with Crippen molar-refractivity contribution in [3.05, 3.63) is 47.2 Å². The molecule has 2 rings (SSSR count). The molecule has 1 heterocycles. The number of aromatic nitrogens is 1. The molecule has 4 nitrogen and oxygen atoms in total. The van der Waals surface area contributed by atoms with Crippen LogP contribution in [-0.2, 0) is 4.74 Å². The predicted octanol–water partition coefficient (Wildman–Crippen LogP) is 3.80. The van der Waals surface area contributed by atoms with Crippen molar-refractivity contribution in [2.75, 3.05) is 11.9 Å². The summed E-state index contributed by atoms with van der Waals surface area (Å²) in [6.07, 6.45) is 0. The normalized spacial score (nSPS) is 11.9. The first-order chi connectivity index (χ1) is 9.63. The molecular weight excluding hydrogens is 272 g/mol. The molecule has 0 saturated heterocycles. The van der Waals surface area contributed by atoms with Crippen LogP contribution in [0.15, 0.2) is 30.3 Å². The molecule has 0 aliphatic rings. The van der Waals surface area contributed by atoms with Gasteiger partial charge in [0.05, 0.1) is 12.3 Å². The molecule has 1 aromatic heterocycles. The molecule has 0 spiro atoms. The van der Waals surface area contributed by atoms with E-state index in [1.165, 1.54) is 11.5 Å². The third-order valence-electron chi connectivity index (χ3n) is 2.99. The predicted molar refractivity (Wildman–Crippen MR) is 81.3 cm³/mol. The van der Waals surface area contributed by atoms with E-state index in [1.807, 2.05) is 25.1 Å². The van der Waals surface area contributed by atoms with Crippen molar-refractivity contribution in [3.8, 4) is 0 Å². The van der Waals surface area contributed by atoms with Crippen LogP contribution in [0.5, 0.6) is 0 Å². The number of hydrogen-bond acceptors (Lipinski definition) is 5. The van der Waals surface area contributed by atoms with Crippen LogP contribution < -0.4 is 5.32 Å². The average molecular weight is 290 g/mol. The van der Waals surface area contributed by atoms with Gasteiger partial charge in [0.2, 0.25) is 0 Å². The van der Waals surface area contributed by atoms with Crippen molar-refractivity contribution in [1.82, 2.24) is 4.37 Å². The van der Waals surface area contributed by atoms with Gasteiger partial charge >= 0.3 is 5.97 Å². The van der Waals surface area contributed by atoms with E-state index in [2.05, 4.69) is 28.7 Å². The average Bonchev–Trinajstić information content (AvgIpc) is 2.81. The zero-order valence-corrected chi connectivity index (χ0v) is 12.7. The lowest BCUT2D eigenvalue weighted by Gasteiger charge is -2.15. The first-order valence-electron chi connectivity index (χ1n) is 6.58. The number of rotatable bonds is 5. The molecular formula is C15H18N2O2S. The summed E-state index contributed by atoms with van der Waals surface area (Å²) in [5, 5.41) is 4.10. The number of ether oxygens (including phenoxy) is 1. The molecule has 5 heteroatoms. The Bertz CT molecular complexity index is 581. The van der Waals surface area contributed by atoms with E-state index in [0.29, 0.717) is 17.9 Å². The van der Waals surface area contributed by atoms with Gasteiger partial charge in [0.15, 0.2) is 0 Å². The fourth-order valence-corrected chi connectivity index (χ4v) is 2.80. The molecule has 20 heavy (non-hydrogen) atoms. The molecule has 0 aliphatic carbocycles. The number of benzene rings is 1. The summed E-state index contributed by atoms with van der Waals surface area (Å²) in [6.45, 7) is 6.04. The van der Waals surface area contributed by atoms with Crippen molar-refractivity contribution in [2.24, 2.45) is 0 Å². The maximum atomic E-state index is 12.0. The van der Waals surface area contributed by atoms with E-state index in [-0.39, 0.29) is 12.0 Å². The Morgan fingerprint density at radius 3 is 2.75 bits per heavy atom. The van der Waals surface area contributed by atoms with Gasteiger partial charge in [-0.15, -0.1) is 0 Å². The first kappa shape index (κ1) is 14.5. The van der Waals surface area contributed by atoms with Gasteiger partial charge in [-0.1, -0.05) is 30.3 Å². The summed E-state index contributed by atoms with van der Waals surface area (Å²) in [5.74, 6) is -0.318. The Morgan fingerprint density at radius 2 is 2.10 bits per heavy atom. The van der Waals surface area contributed by atoms with Gasteiger partial charge in [-0.05, 0) is 37.9 Å². The zero-order chi connectivity index (χ0) is 14.5. The van der Waals surface area contributed by atoms with Gasteiger partial charge < -0.3 is 10.1 Å². The minimum absolute atomic E-state index is 0.101. The van der Waals surface area contributed by atoms with E-state index in [9.17, 15) is 4.79 Å². The highest BCUT2D eigenvalue weighted by Gasteiger charge is 2.20. The van der Waals surface area contributed by atoms with Crippen molar-refractivity contribution in [3.63, 3.8) is 0 Å². The Balaban J connectivity index is 2.20. The number of carbonyl (C=O) groups is 1. The standard InChI is InChI=1S/C15H18N2O2S/c1-4-19-15(18)13-11(3)17-20-14(13)16-10(2)12-8-6-5-7-9-12/h5-10,16H,4H2,1-3H3/t10-/m1/s1. The van der Waals surface area contributed by atoms with Crippen LogP contribution in [0.25, 0.3) is 0 Å². The molecule has 0 bridgehead atoms. The van der Waals surface area contributed by atoms with E-state index in [1.54, 1.807) is 6.92 Å². The monoisotopic (exact) mass is 290 g/mol. The molecule has 0 fully saturated rings. The molecule has 0 unspecified atom stereocenters. The molecule has 0 radical (unpaired) electrons. The van der Waals surface area contributed by atoms with E-state index < -0.39 is 0 Å². The third kappa shape index (κ3) is 3.17. The number of carbonyl (C=O) groups excluding carboxylic acids is 1. The second kappa shape index (κ2) is 6.52. The van der Waals surface area contributed by atoms with Crippen molar-refractivity contribution < 1.29 is 9.53 Å². The number of aryl methyl sites for hydroxylation is 1. The van der Waals surface area contributed by atoms with Crippen LogP contribution in [0.3, 0.4) is 0 Å². The van der Waals surface area contributed by atoms with Gasteiger partial charge in [-0.2, -0.15) is 4.37 Å². The maximum absolute atomic E-state index is 12.0. The highest BCUT2D eigenvalue weighted by Crippen LogP contribution is 2.29. The Kier molecular flexibility index (Phi) is 4.74. The minimum Gasteiger partial charge on any atom is -0.462 e. The lowest BCUT2D eigenvalue weighted by atomic mass is 10.1. The van der Waals surface area contributed by atoms with Crippen molar-refractivity contribution in [1.29, 1.82) is 0 Å². The molecule has 0 amide bonds. The summed E-state index contributed by atoms with van der Waals surface area (Å²) in [7, 11) is 0. The highest BCUT2D eigenvalue weighted by atomic mass is 32.1. The highest BCUT2D eigenvalue weighted by molar-refractivity contribution is 7.10. The lowest BCUT2D eigenvalue weighted by Crippen LogP contribution is -2.11. The third-order valence-corrected chi connectivity index (χ3v) is 3.86. The van der Waals surface area contributed by atoms with Crippen LogP contribution >= 0.6 is 11.5 Å². The quantitative estimate of drug-likeness (QED) is 0.851. The van der Waals surface area contributed by atoms with Gasteiger partial charge in [0.1, 0.15) is 10.6 Å². The second-order valence-electron chi connectivity index (χ2n) is 4.47. The summed E-state index contributed by atoms with van der Waals surface area (Å²) >= 11 is 1.29. The van der Waals surface area contributed by atoms with E-state index >= 15 is 0 Å². The summed E-state index contributed by atoms with van der Waals surface area (Å²) in [5.41, 5.74) is 2.41. The molecule has 2 aromatic rings. The Morgan fingerprint density at radius 1 is 1.40 bits per heavy atom. The van der Waals surface area contributed by atoms with Crippen molar-refractivity contribution >= 4 is 22.5 Å². The SMILES string of the molecule is CCOC(=O)c1c(C)nsc1N[C@H](C)c1ccccc1. The number of nitrogens with zero attached hydrogens (tertiary/aromatic N) is 1. The first-order valence-corrected chi connectivity index (χ1v) is 7.35. The van der Waals surface area contributed by atoms with E-state index in [4.69, 9.17) is 4.74 Å². The summed E-state index contributed by atoms with van der Waals surface area (Å²) in [6, 6.07) is 10.2. The smallest absolute Gasteiger partial charge is 0.343 e. The van der Waals surface area contributed by atoms with Crippen LogP contribution in [-0.4, -0.2) is 16.9 Å². The fraction of sp³-hybridized carbons (Fsp3) is 0.333. The molecule has 0 saturated carbocycles. The van der Waals surface area contributed by atoms with Gasteiger partial charge in [-0.3, -0.25) is 0 Å². The minimum atomic E-state index is -0.318. The van der Waals surface area contributed by atoms with E-state index in [0.717, 1.165) is 10.6 Å². The Labute approximate surface area is 123 Å². The second-order valence-corrected chi connectivity index (χ2v) is 5.24. The molecule has 1 aromatic carbocycles. The number of hydrogen-bond donors (Lipinski definition) is 1. The van der Waals surface area contributed by atoms with Gasteiger partial charge in [-0.25, -0.2) is 4.79 Å². The number of esters is 1. The summed E-state index contributed by atoms with van der Waals surface area (Å²) in [4.78, 5) is 12.0. The molecule has 1 N–H and O–H groups in total. The largest absolute Gasteiger partial charge is 0.462 e. The van der Waals surface area contributed by atoms with Gasteiger partial charge in [0.25, 0.3) is 0 Å². The summed E-state index contributed by atoms with van der Waals surface area (Å²) < 4.78 is 9.33. The fourth-order valence-electron chi connectivity index (χ4n) is 1.93. The number of nitrogens with one attached hydrogen (secondary N) is 1. The Hall–Kier alpha value is -1.88. The van der Waals surface area contributed by atoms with Gasteiger partial charge in [0, 0.05) is 6.04 Å². The maximum Gasteiger partial charge on any atom is 0.343 e. The van der Waals surface area contributed by atoms with Crippen LogP contribution in [0, 0.1) is 6.92 Å².